The Morgan fingerprint density at radius 3 is 2.57 bits per heavy atom. The molecule has 0 aromatic heterocycles. The molecule has 0 heterocycles. The molecule has 6 nitrogen and oxygen atoms in total. The van der Waals surface area contributed by atoms with Crippen LogP contribution < -0.4 is 15.4 Å². The topological polar surface area (TPSA) is 79.8 Å². The van der Waals surface area contributed by atoms with E-state index in [2.05, 4.69) is 55.3 Å². The molecule has 1 saturated carbocycles. The number of aliphatic hydroxyl groups excluding tert-OH is 1. The molecule has 1 fully saturated rings. The summed E-state index contributed by atoms with van der Waals surface area (Å²) in [6.07, 6.45) is 2.14. The van der Waals surface area contributed by atoms with Crippen LogP contribution in [0.2, 0.25) is 0 Å². The number of hydrogen-bond donors (Lipinski definition) is 3. The van der Waals surface area contributed by atoms with Gasteiger partial charge in [-0.25, -0.2) is 9.18 Å². The Morgan fingerprint density at radius 2 is 1.95 bits per heavy atom. The van der Waals surface area contributed by atoms with E-state index in [4.69, 9.17) is 9.47 Å². The molecule has 202 valence electrons. The molecule has 0 spiro atoms. The van der Waals surface area contributed by atoms with E-state index in [9.17, 15) is 14.3 Å². The molecule has 2 atom stereocenters. The van der Waals surface area contributed by atoms with Crippen molar-refractivity contribution in [3.63, 3.8) is 0 Å². The Balaban J connectivity index is 1.75. The van der Waals surface area contributed by atoms with Gasteiger partial charge in [0.25, 0.3) is 0 Å². The van der Waals surface area contributed by atoms with Crippen molar-refractivity contribution in [3.05, 3.63) is 77.6 Å². The molecular formula is C30H41FN2O4. The fraction of sp³-hybridized carbons (Fsp3) is 0.500. The molecule has 1 aliphatic carbocycles. The fourth-order valence-corrected chi connectivity index (χ4v) is 4.30. The second kappa shape index (κ2) is 12.1. The Hall–Kier alpha value is -2.90. The third kappa shape index (κ3) is 8.58. The molecule has 0 aliphatic heterocycles. The van der Waals surface area contributed by atoms with Gasteiger partial charge < -0.3 is 25.2 Å². The largest absolute Gasteiger partial charge is 0.489 e. The van der Waals surface area contributed by atoms with Crippen LogP contribution in [0.4, 0.5) is 9.18 Å². The molecule has 37 heavy (non-hydrogen) atoms. The molecule has 7 heteroatoms. The van der Waals surface area contributed by atoms with Crippen molar-refractivity contribution < 1.29 is 23.8 Å². The molecule has 1 aliphatic rings. The number of benzene rings is 2. The van der Waals surface area contributed by atoms with Gasteiger partial charge >= 0.3 is 6.09 Å². The minimum absolute atomic E-state index is 0.188. The highest BCUT2D eigenvalue weighted by atomic mass is 19.1. The minimum atomic E-state index is -0.945. The number of carbonyl (C=O) groups excluding carboxylic acids is 1. The molecule has 2 aromatic carbocycles. The zero-order valence-corrected chi connectivity index (χ0v) is 22.6. The summed E-state index contributed by atoms with van der Waals surface area (Å²) in [7, 11) is 0. The number of carbonyl (C=O) groups is 1. The lowest BCUT2D eigenvalue weighted by molar-refractivity contribution is 0.0419. The van der Waals surface area contributed by atoms with Crippen molar-refractivity contribution >= 4 is 6.09 Å². The van der Waals surface area contributed by atoms with Crippen LogP contribution in [0.25, 0.3) is 0 Å². The highest BCUT2D eigenvalue weighted by Gasteiger charge is 2.44. The summed E-state index contributed by atoms with van der Waals surface area (Å²) < 4.78 is 25.2. The lowest BCUT2D eigenvalue weighted by Crippen LogP contribution is -2.51. The summed E-state index contributed by atoms with van der Waals surface area (Å²) in [6.45, 7) is 13.8. The molecule has 0 bridgehead atoms. The zero-order chi connectivity index (χ0) is 27.2. The van der Waals surface area contributed by atoms with E-state index in [1.165, 1.54) is 23.3 Å². The monoisotopic (exact) mass is 512 g/mol. The second-order valence-electron chi connectivity index (χ2n) is 11.2. The molecule has 0 saturated heterocycles. The fourth-order valence-electron chi connectivity index (χ4n) is 4.30. The Kier molecular flexibility index (Phi) is 9.37. The molecule has 2 aromatic rings. The van der Waals surface area contributed by atoms with Gasteiger partial charge in [-0.15, -0.1) is 0 Å². The van der Waals surface area contributed by atoms with Gasteiger partial charge in [-0.2, -0.15) is 0 Å². The summed E-state index contributed by atoms with van der Waals surface area (Å²) in [5.74, 6) is 0.332. The Labute approximate surface area is 220 Å². The van der Waals surface area contributed by atoms with E-state index in [0.29, 0.717) is 17.2 Å². The molecule has 0 radical (unpaired) electrons. The van der Waals surface area contributed by atoms with Crippen LogP contribution in [0.1, 0.15) is 70.1 Å². The average molecular weight is 513 g/mol. The number of rotatable bonds is 12. The van der Waals surface area contributed by atoms with Crippen LogP contribution in [-0.2, 0) is 16.7 Å². The third-order valence-corrected chi connectivity index (χ3v) is 6.43. The van der Waals surface area contributed by atoms with Crippen LogP contribution in [0.15, 0.2) is 55.1 Å². The molecule has 0 unspecified atom stereocenters. The summed E-state index contributed by atoms with van der Waals surface area (Å²) in [5.41, 5.74) is 2.19. The van der Waals surface area contributed by atoms with Crippen LogP contribution in [-0.4, -0.2) is 42.1 Å². The number of hydrogen-bond acceptors (Lipinski definition) is 5. The molecular weight excluding hydrogens is 471 g/mol. The third-order valence-electron chi connectivity index (χ3n) is 6.43. The first-order chi connectivity index (χ1) is 17.4. The maximum atomic E-state index is 14.3. The Bertz CT molecular complexity index is 1080. The molecule has 3 rings (SSSR count). The van der Waals surface area contributed by atoms with Gasteiger partial charge in [0.1, 0.15) is 23.8 Å². The number of ether oxygens (including phenoxy) is 2. The summed E-state index contributed by atoms with van der Waals surface area (Å²) in [6, 6.07) is 12.2. The predicted octanol–water partition coefficient (Wildman–Crippen LogP) is 5.59. The lowest BCUT2D eigenvalue weighted by atomic mass is 9.96. The smallest absolute Gasteiger partial charge is 0.407 e. The van der Waals surface area contributed by atoms with Crippen molar-refractivity contribution in [2.24, 2.45) is 0 Å². The van der Waals surface area contributed by atoms with Gasteiger partial charge in [-0.1, -0.05) is 50.8 Å². The van der Waals surface area contributed by atoms with Crippen molar-refractivity contribution in [2.45, 2.75) is 83.1 Å². The highest BCUT2D eigenvalue weighted by Crippen LogP contribution is 2.46. The normalized spacial score (nSPS) is 16.1. The van der Waals surface area contributed by atoms with Crippen LogP contribution in [0.3, 0.4) is 0 Å². The van der Waals surface area contributed by atoms with Gasteiger partial charge in [-0.3, -0.25) is 0 Å². The van der Waals surface area contributed by atoms with E-state index in [-0.39, 0.29) is 25.1 Å². The zero-order valence-electron chi connectivity index (χ0n) is 22.6. The summed E-state index contributed by atoms with van der Waals surface area (Å²) in [4.78, 5) is 12.6. The van der Waals surface area contributed by atoms with Gasteiger partial charge in [0.15, 0.2) is 0 Å². The first-order valence-corrected chi connectivity index (χ1v) is 13.0. The van der Waals surface area contributed by atoms with Crippen LogP contribution >= 0.6 is 0 Å². The molecule has 3 N–H and O–H groups in total. The highest BCUT2D eigenvalue weighted by molar-refractivity contribution is 5.68. The van der Waals surface area contributed by atoms with E-state index < -0.39 is 29.7 Å². The number of halogens is 1. The van der Waals surface area contributed by atoms with E-state index >= 15 is 0 Å². The number of alkyl carbamates (subject to hydrolysis) is 1. The minimum Gasteiger partial charge on any atom is -0.489 e. The quantitative estimate of drug-likeness (QED) is 0.323. The molecule has 1 amide bonds. The van der Waals surface area contributed by atoms with Crippen molar-refractivity contribution in [2.75, 3.05) is 13.2 Å². The maximum Gasteiger partial charge on any atom is 0.407 e. The lowest BCUT2D eigenvalue weighted by Gasteiger charge is -2.29. The van der Waals surface area contributed by atoms with Crippen LogP contribution in [0.5, 0.6) is 5.75 Å². The van der Waals surface area contributed by atoms with Gasteiger partial charge in [0.2, 0.25) is 0 Å². The van der Waals surface area contributed by atoms with Crippen molar-refractivity contribution in [1.82, 2.24) is 10.6 Å². The van der Waals surface area contributed by atoms with E-state index in [0.717, 1.165) is 12.8 Å². The van der Waals surface area contributed by atoms with Crippen molar-refractivity contribution in [1.29, 1.82) is 0 Å². The number of aliphatic hydroxyl groups is 1. The maximum absolute atomic E-state index is 14.3. The van der Waals surface area contributed by atoms with Crippen molar-refractivity contribution in [3.8, 4) is 5.75 Å². The van der Waals surface area contributed by atoms with Gasteiger partial charge in [0, 0.05) is 18.2 Å². The summed E-state index contributed by atoms with van der Waals surface area (Å²) >= 11 is 0. The number of amides is 1. The standard InChI is InChI=1S/C30H41FN2O4/c1-7-13-36-25-15-21(14-24(31)18-25)16-26(33-28(35)37-29(4,5)6)27(34)19-32-30(11-12-30)23-10-8-9-22(17-23)20(2)3/h7-10,14-15,17-18,20,26-27,32,34H,1,11-13,16,19H2,2-6H3,(H,33,35)/t26-,27+/m0/s1. The first kappa shape index (κ1) is 28.7. The van der Waals surface area contributed by atoms with E-state index in [1.807, 2.05) is 0 Å². The number of nitrogens with one attached hydrogen (secondary N) is 2. The second-order valence-corrected chi connectivity index (χ2v) is 11.2. The SMILES string of the molecule is C=CCOc1cc(F)cc(C[C@H](NC(=O)OC(C)(C)C)[C@H](O)CNC2(c3cccc(C(C)C)c3)CC2)c1. The predicted molar refractivity (Wildman–Crippen MR) is 144 cm³/mol. The Morgan fingerprint density at radius 1 is 1.22 bits per heavy atom. The average Bonchev–Trinajstić information content (AvgIpc) is 3.60. The van der Waals surface area contributed by atoms with Gasteiger partial charge in [-0.05, 0) is 74.8 Å². The van der Waals surface area contributed by atoms with Gasteiger partial charge in [0.05, 0.1) is 12.1 Å². The first-order valence-electron chi connectivity index (χ1n) is 13.0. The van der Waals surface area contributed by atoms with E-state index in [1.54, 1.807) is 32.9 Å². The summed E-state index contributed by atoms with van der Waals surface area (Å²) in [5, 5.41) is 17.5. The van der Waals surface area contributed by atoms with Crippen LogP contribution in [0, 0.1) is 5.82 Å².